The van der Waals surface area contributed by atoms with Gasteiger partial charge in [-0.15, -0.1) is 0 Å². The molecule has 0 heterocycles. The molecular formula is C8H11NPd. The number of benzene rings is 1. The molecule has 0 aliphatic carbocycles. The van der Waals surface area contributed by atoms with Crippen LogP contribution < -0.4 is 9.77 Å². The first kappa shape index (κ1) is 7.94. The van der Waals surface area contributed by atoms with Crippen LogP contribution in [-0.4, -0.2) is 6.54 Å². The zero-order chi connectivity index (χ0) is 7.23. The summed E-state index contributed by atoms with van der Waals surface area (Å²) in [6, 6.07) is 10.5. The second kappa shape index (κ2) is 4.63. The van der Waals surface area contributed by atoms with Crippen molar-refractivity contribution in [2.45, 2.75) is 4.89 Å². The van der Waals surface area contributed by atoms with Gasteiger partial charge in [0.05, 0.1) is 0 Å². The molecule has 0 radical (unpaired) electrons. The van der Waals surface area contributed by atoms with Gasteiger partial charge in [-0.25, -0.2) is 0 Å². The van der Waals surface area contributed by atoms with Crippen LogP contribution in [0.5, 0.6) is 0 Å². The summed E-state index contributed by atoms with van der Waals surface area (Å²) in [4.78, 5) is 1.14. The molecule has 0 aromatic heterocycles. The molecule has 0 spiro atoms. The standard InChI is InChI=1S/C6H5.C2H6N.Pd/c1-2-4-6-5-3-1;1-2-3;/h1-5H;1-3H2;. The van der Waals surface area contributed by atoms with Gasteiger partial charge in [-0.3, -0.25) is 0 Å². The van der Waals surface area contributed by atoms with E-state index in [1.807, 2.05) is 6.07 Å². The molecule has 0 unspecified atom stereocenters. The van der Waals surface area contributed by atoms with Gasteiger partial charge in [0.15, 0.2) is 0 Å². The van der Waals surface area contributed by atoms with E-state index >= 15 is 0 Å². The Hall–Kier alpha value is -0.158. The summed E-state index contributed by atoms with van der Waals surface area (Å²) in [6.45, 7) is 0.809. The number of rotatable bonds is 3. The van der Waals surface area contributed by atoms with Gasteiger partial charge >= 0.3 is 69.5 Å². The van der Waals surface area contributed by atoms with Crippen molar-refractivity contribution in [2.75, 3.05) is 6.54 Å². The van der Waals surface area contributed by atoms with Crippen molar-refractivity contribution in [3.63, 3.8) is 0 Å². The first-order chi connectivity index (χ1) is 4.93. The van der Waals surface area contributed by atoms with Gasteiger partial charge in [0.25, 0.3) is 0 Å². The van der Waals surface area contributed by atoms with Crippen molar-refractivity contribution in [2.24, 2.45) is 5.73 Å². The molecule has 0 atom stereocenters. The van der Waals surface area contributed by atoms with Crippen LogP contribution in [0.3, 0.4) is 0 Å². The van der Waals surface area contributed by atoms with Crippen molar-refractivity contribution >= 4 is 4.04 Å². The van der Waals surface area contributed by atoms with Gasteiger partial charge in [0.1, 0.15) is 0 Å². The molecule has 1 rings (SSSR count). The van der Waals surface area contributed by atoms with E-state index in [1.165, 1.54) is 4.04 Å². The van der Waals surface area contributed by atoms with Crippen molar-refractivity contribution in [3.8, 4) is 0 Å². The molecule has 1 aromatic carbocycles. The zero-order valence-electron chi connectivity index (χ0n) is 5.69. The summed E-state index contributed by atoms with van der Waals surface area (Å²) < 4.78 is 1.43. The van der Waals surface area contributed by atoms with Gasteiger partial charge < -0.3 is 0 Å². The number of hydrogen-bond acceptors (Lipinski definition) is 1. The fraction of sp³-hybridized carbons (Fsp3) is 0.250. The second-order valence-electron chi connectivity index (χ2n) is 1.82. The molecule has 0 amide bonds. The van der Waals surface area contributed by atoms with Gasteiger partial charge in [-0.2, -0.15) is 0 Å². The minimum absolute atomic E-state index is 0.696. The summed E-state index contributed by atoms with van der Waals surface area (Å²) in [7, 11) is 0. The maximum absolute atomic E-state index is 5.39. The Morgan fingerprint density at radius 2 is 1.90 bits per heavy atom. The second-order valence-corrected chi connectivity index (χ2v) is 4.04. The fourth-order valence-corrected chi connectivity index (χ4v) is 1.95. The van der Waals surface area contributed by atoms with E-state index in [2.05, 4.69) is 24.3 Å². The van der Waals surface area contributed by atoms with Gasteiger partial charge in [-0.05, 0) is 0 Å². The number of hydrogen-bond donors (Lipinski definition) is 1. The molecule has 0 aliphatic heterocycles. The molecule has 1 aromatic rings. The van der Waals surface area contributed by atoms with E-state index < -0.39 is 0 Å². The predicted molar refractivity (Wildman–Crippen MR) is 39.9 cm³/mol. The third-order valence-corrected chi connectivity index (χ3v) is 3.00. The zero-order valence-corrected chi connectivity index (χ0v) is 7.25. The monoisotopic (exact) mass is 227 g/mol. The summed E-state index contributed by atoms with van der Waals surface area (Å²) in [5, 5.41) is 0. The number of nitrogens with two attached hydrogens (primary N) is 1. The fourth-order valence-electron chi connectivity index (χ4n) is 0.614. The summed E-state index contributed by atoms with van der Waals surface area (Å²) in [5.41, 5.74) is 5.39. The van der Waals surface area contributed by atoms with Gasteiger partial charge in [0.2, 0.25) is 0 Å². The average molecular weight is 228 g/mol. The van der Waals surface area contributed by atoms with Crippen LogP contribution in [0.15, 0.2) is 30.3 Å². The van der Waals surface area contributed by atoms with E-state index in [4.69, 9.17) is 5.73 Å². The van der Waals surface area contributed by atoms with E-state index in [1.54, 1.807) is 0 Å². The Labute approximate surface area is 69.8 Å². The van der Waals surface area contributed by atoms with Crippen molar-refractivity contribution in [1.82, 2.24) is 0 Å². The average Bonchev–Trinajstić information content (AvgIpc) is 2.03. The molecule has 58 valence electrons. The van der Waals surface area contributed by atoms with Gasteiger partial charge in [0, 0.05) is 0 Å². The molecule has 0 saturated heterocycles. The Bertz CT molecular complexity index is 174. The minimum atomic E-state index is 0.696. The molecule has 0 saturated carbocycles. The third-order valence-electron chi connectivity index (χ3n) is 1.01. The van der Waals surface area contributed by atoms with E-state index in [9.17, 15) is 0 Å². The molecule has 0 fully saturated rings. The summed E-state index contributed by atoms with van der Waals surface area (Å²) >= 11 is 0.696. The maximum atomic E-state index is 5.39. The van der Waals surface area contributed by atoms with E-state index in [-0.39, 0.29) is 0 Å². The van der Waals surface area contributed by atoms with Crippen LogP contribution in [0.2, 0.25) is 4.89 Å². The first-order valence-electron chi connectivity index (χ1n) is 3.20. The molecule has 2 heteroatoms. The first-order valence-corrected chi connectivity index (χ1v) is 5.08. The van der Waals surface area contributed by atoms with E-state index in [0.717, 1.165) is 11.4 Å². The molecular weight excluding hydrogens is 217 g/mol. The molecule has 1 nitrogen and oxygen atoms in total. The topological polar surface area (TPSA) is 26.0 Å². The summed E-state index contributed by atoms with van der Waals surface area (Å²) in [6.07, 6.45) is 0. The molecule has 0 bridgehead atoms. The Balaban J connectivity index is 2.43. The van der Waals surface area contributed by atoms with Crippen molar-refractivity contribution in [3.05, 3.63) is 30.3 Å². The Morgan fingerprint density at radius 3 is 2.50 bits per heavy atom. The predicted octanol–water partition coefficient (Wildman–Crippen LogP) is 0.771. The van der Waals surface area contributed by atoms with E-state index in [0.29, 0.717) is 18.0 Å². The Kier molecular flexibility index (Phi) is 3.67. The van der Waals surface area contributed by atoms with Crippen LogP contribution in [-0.2, 0) is 18.0 Å². The van der Waals surface area contributed by atoms with Crippen molar-refractivity contribution in [1.29, 1.82) is 0 Å². The van der Waals surface area contributed by atoms with Crippen LogP contribution in [0, 0.1) is 0 Å². The molecule has 2 N–H and O–H groups in total. The third kappa shape index (κ3) is 2.62. The quantitative estimate of drug-likeness (QED) is 0.759. The normalized spacial score (nSPS) is 10.1. The van der Waals surface area contributed by atoms with Crippen LogP contribution in [0.25, 0.3) is 0 Å². The summed E-state index contributed by atoms with van der Waals surface area (Å²) in [5.74, 6) is 0. The van der Waals surface area contributed by atoms with Crippen molar-refractivity contribution < 1.29 is 18.0 Å². The Morgan fingerprint density at radius 1 is 1.20 bits per heavy atom. The SMILES string of the molecule is NC[CH2][Pd][c]1ccccc1. The van der Waals surface area contributed by atoms with Crippen LogP contribution in [0.1, 0.15) is 0 Å². The van der Waals surface area contributed by atoms with Crippen LogP contribution in [0.4, 0.5) is 0 Å². The van der Waals surface area contributed by atoms with Gasteiger partial charge in [-0.1, -0.05) is 0 Å². The van der Waals surface area contributed by atoms with Crippen LogP contribution >= 0.6 is 0 Å². The molecule has 10 heavy (non-hydrogen) atoms. The molecule has 0 aliphatic rings.